The monoisotopic (exact) mass is 267 g/mol. The van der Waals surface area contributed by atoms with Gasteiger partial charge in [-0.2, -0.15) is 0 Å². The number of hydrogen-bond acceptors (Lipinski definition) is 6. The van der Waals surface area contributed by atoms with Crippen LogP contribution < -0.4 is 16.2 Å². The van der Waals surface area contributed by atoms with Crippen molar-refractivity contribution < 1.29 is 4.92 Å². The zero-order valence-corrected chi connectivity index (χ0v) is 11.8. The molecule has 0 spiro atoms. The molecule has 0 aromatic carbocycles. The van der Waals surface area contributed by atoms with Crippen LogP contribution in [0.25, 0.3) is 0 Å². The van der Waals surface area contributed by atoms with Crippen LogP contribution in [0.3, 0.4) is 0 Å². The molecule has 0 bridgehead atoms. The highest BCUT2D eigenvalue weighted by Crippen LogP contribution is 2.29. The first-order chi connectivity index (χ1) is 8.86. The Morgan fingerprint density at radius 1 is 1.42 bits per heavy atom. The first-order valence-electron chi connectivity index (χ1n) is 6.25. The van der Waals surface area contributed by atoms with Gasteiger partial charge in [-0.25, -0.2) is 10.8 Å². The molecule has 7 nitrogen and oxygen atoms in total. The summed E-state index contributed by atoms with van der Waals surface area (Å²) in [6.07, 6.45) is 0. The molecule has 0 aliphatic carbocycles. The van der Waals surface area contributed by atoms with Gasteiger partial charge in [0.1, 0.15) is 5.82 Å². The number of aromatic nitrogens is 1. The molecule has 1 rings (SSSR count). The summed E-state index contributed by atoms with van der Waals surface area (Å²) in [6, 6.07) is 3.03. The molecule has 1 heterocycles. The normalized spacial score (nSPS) is 10.9. The lowest BCUT2D eigenvalue weighted by Crippen LogP contribution is -2.35. The van der Waals surface area contributed by atoms with E-state index in [0.29, 0.717) is 24.1 Å². The van der Waals surface area contributed by atoms with Crippen LogP contribution in [0, 0.1) is 16.0 Å². The maximum absolute atomic E-state index is 11.1. The minimum Gasteiger partial charge on any atom is -0.348 e. The van der Waals surface area contributed by atoms with Crippen molar-refractivity contribution in [2.24, 2.45) is 11.8 Å². The molecular weight excluding hydrogens is 246 g/mol. The molecule has 0 radical (unpaired) electrons. The predicted octanol–water partition coefficient (Wildman–Crippen LogP) is 2.15. The van der Waals surface area contributed by atoms with E-state index in [9.17, 15) is 10.1 Å². The van der Waals surface area contributed by atoms with Gasteiger partial charge < -0.3 is 10.3 Å². The molecule has 0 saturated carbocycles. The minimum absolute atomic E-state index is 0.00616. The van der Waals surface area contributed by atoms with E-state index in [0.717, 1.165) is 0 Å². The second-order valence-corrected chi connectivity index (χ2v) is 5.08. The summed E-state index contributed by atoms with van der Waals surface area (Å²) >= 11 is 0. The number of nitrogen functional groups attached to an aromatic ring is 1. The van der Waals surface area contributed by atoms with Crippen LogP contribution in [-0.2, 0) is 0 Å². The summed E-state index contributed by atoms with van der Waals surface area (Å²) < 4.78 is 0. The van der Waals surface area contributed by atoms with Crippen molar-refractivity contribution in [3.8, 4) is 0 Å². The maximum atomic E-state index is 11.1. The number of nitro groups is 1. The van der Waals surface area contributed by atoms with Gasteiger partial charge in [-0.15, -0.1) is 0 Å². The number of hydrogen-bond donors (Lipinski definition) is 2. The molecule has 0 aliphatic rings. The van der Waals surface area contributed by atoms with Crippen molar-refractivity contribution in [3.05, 3.63) is 22.2 Å². The molecule has 0 unspecified atom stereocenters. The van der Waals surface area contributed by atoms with E-state index >= 15 is 0 Å². The highest BCUT2D eigenvalue weighted by molar-refractivity contribution is 5.62. The fourth-order valence-corrected chi connectivity index (χ4v) is 1.81. The van der Waals surface area contributed by atoms with E-state index in [-0.39, 0.29) is 11.7 Å². The third-order valence-electron chi connectivity index (χ3n) is 2.66. The van der Waals surface area contributed by atoms with E-state index in [1.165, 1.54) is 12.1 Å². The van der Waals surface area contributed by atoms with Crippen molar-refractivity contribution >= 4 is 17.3 Å². The lowest BCUT2D eigenvalue weighted by atomic mass is 10.1. The first-order valence-corrected chi connectivity index (χ1v) is 6.25. The Bertz CT molecular complexity index is 448. The molecule has 1 aromatic heterocycles. The van der Waals surface area contributed by atoms with Crippen LogP contribution in [-0.4, -0.2) is 22.5 Å². The van der Waals surface area contributed by atoms with Gasteiger partial charge in [0.2, 0.25) is 5.82 Å². The number of rotatable bonds is 6. The minimum atomic E-state index is -0.418. The van der Waals surface area contributed by atoms with Crippen LogP contribution >= 0.6 is 0 Å². The van der Waals surface area contributed by atoms with E-state index in [1.807, 2.05) is 18.7 Å². The van der Waals surface area contributed by atoms with Crippen molar-refractivity contribution in [2.45, 2.75) is 33.7 Å². The molecule has 0 atom stereocenters. The molecule has 0 aliphatic heterocycles. The number of nitrogens with two attached hydrogens (primary N) is 1. The van der Waals surface area contributed by atoms with Crippen molar-refractivity contribution in [1.82, 2.24) is 4.98 Å². The summed E-state index contributed by atoms with van der Waals surface area (Å²) in [6.45, 7) is 8.78. The molecule has 19 heavy (non-hydrogen) atoms. The highest BCUT2D eigenvalue weighted by atomic mass is 16.6. The number of pyridine rings is 1. The van der Waals surface area contributed by atoms with E-state index < -0.39 is 4.92 Å². The number of nitrogens with one attached hydrogen (secondary N) is 1. The molecule has 3 N–H and O–H groups in total. The Morgan fingerprint density at radius 3 is 2.47 bits per heavy atom. The lowest BCUT2D eigenvalue weighted by molar-refractivity contribution is -0.384. The molecular formula is C12H21N5O2. The van der Waals surface area contributed by atoms with Gasteiger partial charge in [0.15, 0.2) is 0 Å². The fraction of sp³-hybridized carbons (Fsp3) is 0.583. The SMILES string of the molecule is CC(C)CN(c1nc(NN)ccc1[N+](=O)[O-])C(C)C. The summed E-state index contributed by atoms with van der Waals surface area (Å²) in [5, 5.41) is 11.1. The molecule has 1 aromatic rings. The van der Waals surface area contributed by atoms with Crippen LogP contribution in [0.4, 0.5) is 17.3 Å². The van der Waals surface area contributed by atoms with Crippen LogP contribution in [0.2, 0.25) is 0 Å². The summed E-state index contributed by atoms with van der Waals surface area (Å²) in [5.74, 6) is 6.46. The van der Waals surface area contributed by atoms with Gasteiger partial charge in [-0.1, -0.05) is 13.8 Å². The van der Waals surface area contributed by atoms with Gasteiger partial charge in [-0.3, -0.25) is 10.1 Å². The number of anilines is 2. The maximum Gasteiger partial charge on any atom is 0.311 e. The quantitative estimate of drug-likeness (QED) is 0.465. The largest absolute Gasteiger partial charge is 0.348 e. The number of nitrogens with zero attached hydrogens (tertiary/aromatic N) is 3. The standard InChI is InChI=1S/C12H21N5O2/c1-8(2)7-16(9(3)4)12-10(17(18)19)5-6-11(14-12)15-13/h5-6,8-9H,7,13H2,1-4H3,(H,14,15). The topological polar surface area (TPSA) is 97.3 Å². The molecule has 106 valence electrons. The second kappa shape index (κ2) is 6.33. The smallest absolute Gasteiger partial charge is 0.311 e. The van der Waals surface area contributed by atoms with E-state index in [2.05, 4.69) is 24.3 Å². The first kappa shape index (κ1) is 15.2. The summed E-state index contributed by atoms with van der Waals surface area (Å²) in [7, 11) is 0. The van der Waals surface area contributed by atoms with Gasteiger partial charge in [-0.05, 0) is 25.8 Å². The Balaban J connectivity index is 3.28. The Hall–Kier alpha value is -1.89. The van der Waals surface area contributed by atoms with E-state index in [1.54, 1.807) is 0 Å². The summed E-state index contributed by atoms with van der Waals surface area (Å²) in [5.41, 5.74) is 2.41. The molecule has 0 fully saturated rings. The average Bonchev–Trinajstić information content (AvgIpc) is 2.34. The number of hydrazine groups is 1. The zero-order chi connectivity index (χ0) is 14.6. The van der Waals surface area contributed by atoms with Gasteiger partial charge in [0.25, 0.3) is 0 Å². The third kappa shape index (κ3) is 3.78. The summed E-state index contributed by atoms with van der Waals surface area (Å²) in [4.78, 5) is 16.9. The van der Waals surface area contributed by atoms with E-state index in [4.69, 9.17) is 5.84 Å². The second-order valence-electron chi connectivity index (χ2n) is 5.08. The molecule has 7 heteroatoms. The van der Waals surface area contributed by atoms with Gasteiger partial charge in [0, 0.05) is 18.7 Å². The predicted molar refractivity (Wildman–Crippen MR) is 76.0 cm³/mol. The van der Waals surface area contributed by atoms with Gasteiger partial charge in [0.05, 0.1) is 4.92 Å². The zero-order valence-electron chi connectivity index (χ0n) is 11.8. The van der Waals surface area contributed by atoms with Crippen LogP contribution in [0.15, 0.2) is 12.1 Å². The fourth-order valence-electron chi connectivity index (χ4n) is 1.81. The van der Waals surface area contributed by atoms with Crippen molar-refractivity contribution in [2.75, 3.05) is 16.9 Å². The Morgan fingerprint density at radius 2 is 2.05 bits per heavy atom. The highest BCUT2D eigenvalue weighted by Gasteiger charge is 2.24. The Kier molecular flexibility index (Phi) is 5.05. The van der Waals surface area contributed by atoms with Crippen molar-refractivity contribution in [3.63, 3.8) is 0 Å². The average molecular weight is 267 g/mol. The van der Waals surface area contributed by atoms with Crippen molar-refractivity contribution in [1.29, 1.82) is 0 Å². The van der Waals surface area contributed by atoms with Crippen LogP contribution in [0.1, 0.15) is 27.7 Å². The third-order valence-corrected chi connectivity index (χ3v) is 2.66. The lowest BCUT2D eigenvalue weighted by Gasteiger charge is -2.29. The van der Waals surface area contributed by atoms with Gasteiger partial charge >= 0.3 is 5.69 Å². The Labute approximate surface area is 112 Å². The molecule has 0 amide bonds. The van der Waals surface area contributed by atoms with Crippen LogP contribution in [0.5, 0.6) is 0 Å². The molecule has 0 saturated heterocycles.